The van der Waals surface area contributed by atoms with Crippen molar-refractivity contribution in [3.05, 3.63) is 35.9 Å². The number of hydrogen-bond acceptors (Lipinski definition) is 3. The first kappa shape index (κ1) is 13.6. The summed E-state index contributed by atoms with van der Waals surface area (Å²) in [6, 6.07) is 10.6. The summed E-state index contributed by atoms with van der Waals surface area (Å²) in [7, 11) is 0. The Bertz CT molecular complexity index is 443. The molecule has 1 aromatic carbocycles. The van der Waals surface area contributed by atoms with E-state index in [1.165, 1.54) is 5.56 Å². The maximum atomic E-state index is 11.8. The highest BCUT2D eigenvalue weighted by molar-refractivity contribution is 5.83. The fourth-order valence-electron chi connectivity index (χ4n) is 3.08. The van der Waals surface area contributed by atoms with Crippen molar-refractivity contribution >= 4 is 5.91 Å². The van der Waals surface area contributed by atoms with Crippen LogP contribution >= 0.6 is 0 Å². The van der Waals surface area contributed by atoms with Gasteiger partial charge in [-0.15, -0.1) is 0 Å². The molecule has 2 fully saturated rings. The Morgan fingerprint density at radius 2 is 2.15 bits per heavy atom. The average molecular weight is 274 g/mol. The molecular weight excluding hydrogens is 252 g/mol. The van der Waals surface area contributed by atoms with Crippen LogP contribution in [0, 0.1) is 5.92 Å². The molecule has 0 spiro atoms. The topological polar surface area (TPSA) is 50.4 Å². The lowest BCUT2D eigenvalue weighted by atomic mass is 9.93. The monoisotopic (exact) mass is 274 g/mol. The lowest BCUT2D eigenvalue weighted by Crippen LogP contribution is -2.39. The Balaban J connectivity index is 1.70. The van der Waals surface area contributed by atoms with Gasteiger partial charge in [0.2, 0.25) is 5.91 Å². The van der Waals surface area contributed by atoms with Gasteiger partial charge in [0.25, 0.3) is 0 Å². The Morgan fingerprint density at radius 3 is 2.80 bits per heavy atom. The number of rotatable bonds is 5. The van der Waals surface area contributed by atoms with Gasteiger partial charge in [-0.05, 0) is 30.7 Å². The minimum Gasteiger partial charge on any atom is -0.381 e. The molecule has 2 aliphatic heterocycles. The first-order valence-electron chi connectivity index (χ1n) is 7.49. The number of carbonyl (C=O) groups is 1. The van der Waals surface area contributed by atoms with Crippen molar-refractivity contribution in [3.8, 4) is 0 Å². The highest BCUT2D eigenvalue weighted by Crippen LogP contribution is 2.27. The lowest BCUT2D eigenvalue weighted by Gasteiger charge is -2.24. The van der Waals surface area contributed by atoms with Crippen LogP contribution in [0.2, 0.25) is 0 Å². The third kappa shape index (κ3) is 3.19. The maximum absolute atomic E-state index is 11.8. The zero-order valence-electron chi connectivity index (χ0n) is 11.7. The van der Waals surface area contributed by atoms with Gasteiger partial charge in [0.05, 0.1) is 6.04 Å². The van der Waals surface area contributed by atoms with E-state index >= 15 is 0 Å². The van der Waals surface area contributed by atoms with Crippen LogP contribution in [0.5, 0.6) is 0 Å². The average Bonchev–Trinajstić information content (AvgIpc) is 3.12. The van der Waals surface area contributed by atoms with E-state index in [0.29, 0.717) is 5.92 Å². The summed E-state index contributed by atoms with van der Waals surface area (Å²) in [6.07, 6.45) is 3.04. The van der Waals surface area contributed by atoms with Gasteiger partial charge in [0.15, 0.2) is 0 Å². The zero-order chi connectivity index (χ0) is 13.8. The van der Waals surface area contributed by atoms with Crippen molar-refractivity contribution in [2.45, 2.75) is 31.3 Å². The molecule has 2 saturated heterocycles. The Hall–Kier alpha value is -1.39. The van der Waals surface area contributed by atoms with Crippen LogP contribution in [0.1, 0.15) is 30.9 Å². The van der Waals surface area contributed by atoms with Gasteiger partial charge in [0.1, 0.15) is 0 Å². The molecule has 0 unspecified atom stereocenters. The number of amides is 1. The fourth-order valence-corrected chi connectivity index (χ4v) is 3.08. The summed E-state index contributed by atoms with van der Waals surface area (Å²) < 4.78 is 5.48. The minimum atomic E-state index is -0.0532. The van der Waals surface area contributed by atoms with Crippen LogP contribution in [0.3, 0.4) is 0 Å². The molecule has 2 aliphatic rings. The molecule has 2 N–H and O–H groups in total. The highest BCUT2D eigenvalue weighted by atomic mass is 16.5. The molecular formula is C16H22N2O2. The number of nitrogens with one attached hydrogen (secondary N) is 2. The van der Waals surface area contributed by atoms with Crippen molar-refractivity contribution in [3.63, 3.8) is 0 Å². The van der Waals surface area contributed by atoms with E-state index in [1.54, 1.807) is 0 Å². The molecule has 1 amide bonds. The van der Waals surface area contributed by atoms with Gasteiger partial charge >= 0.3 is 0 Å². The van der Waals surface area contributed by atoms with Gasteiger partial charge in [-0.3, -0.25) is 10.1 Å². The lowest BCUT2D eigenvalue weighted by molar-refractivity contribution is -0.121. The van der Waals surface area contributed by atoms with Gasteiger partial charge in [0, 0.05) is 25.8 Å². The molecule has 108 valence electrons. The maximum Gasteiger partial charge on any atom is 0.237 e. The van der Waals surface area contributed by atoms with Crippen molar-refractivity contribution in [2.24, 2.45) is 5.92 Å². The normalized spacial score (nSPS) is 27.5. The van der Waals surface area contributed by atoms with Crippen LogP contribution < -0.4 is 10.6 Å². The van der Waals surface area contributed by atoms with Crippen LogP contribution in [0.25, 0.3) is 0 Å². The Labute approximate surface area is 119 Å². The van der Waals surface area contributed by atoms with E-state index in [1.807, 2.05) is 6.07 Å². The molecule has 20 heavy (non-hydrogen) atoms. The predicted molar refractivity (Wildman–Crippen MR) is 77.3 cm³/mol. The van der Waals surface area contributed by atoms with Crippen LogP contribution in [0.15, 0.2) is 30.3 Å². The smallest absolute Gasteiger partial charge is 0.237 e. The van der Waals surface area contributed by atoms with E-state index in [9.17, 15) is 4.79 Å². The first-order valence-corrected chi connectivity index (χ1v) is 7.49. The quantitative estimate of drug-likeness (QED) is 0.858. The molecule has 0 radical (unpaired) electrons. The third-order valence-electron chi connectivity index (χ3n) is 4.25. The zero-order valence-corrected chi connectivity index (χ0v) is 11.7. The van der Waals surface area contributed by atoms with E-state index in [4.69, 9.17) is 4.74 Å². The van der Waals surface area contributed by atoms with E-state index in [0.717, 1.165) is 39.0 Å². The molecule has 4 heteroatoms. The summed E-state index contributed by atoms with van der Waals surface area (Å²) in [4.78, 5) is 11.8. The minimum absolute atomic E-state index is 0.0532. The largest absolute Gasteiger partial charge is 0.381 e. The molecule has 0 saturated carbocycles. The predicted octanol–water partition coefficient (Wildman–Crippen LogP) is 1.63. The summed E-state index contributed by atoms with van der Waals surface area (Å²) in [5.74, 6) is 0.728. The van der Waals surface area contributed by atoms with Gasteiger partial charge in [-0.25, -0.2) is 0 Å². The number of ether oxygens (including phenoxy) is 1. The van der Waals surface area contributed by atoms with Crippen LogP contribution in [0.4, 0.5) is 0 Å². The summed E-state index contributed by atoms with van der Waals surface area (Å²) in [5, 5.41) is 6.44. The highest BCUT2D eigenvalue weighted by Gasteiger charge is 2.29. The summed E-state index contributed by atoms with van der Waals surface area (Å²) in [5.41, 5.74) is 1.26. The summed E-state index contributed by atoms with van der Waals surface area (Å²) >= 11 is 0. The van der Waals surface area contributed by atoms with E-state index in [-0.39, 0.29) is 18.0 Å². The fraction of sp³-hybridized carbons (Fsp3) is 0.562. The Morgan fingerprint density at radius 1 is 1.30 bits per heavy atom. The second-order valence-corrected chi connectivity index (χ2v) is 5.73. The van der Waals surface area contributed by atoms with Gasteiger partial charge < -0.3 is 10.1 Å². The van der Waals surface area contributed by atoms with Crippen molar-refractivity contribution < 1.29 is 9.53 Å². The van der Waals surface area contributed by atoms with E-state index < -0.39 is 0 Å². The third-order valence-corrected chi connectivity index (χ3v) is 4.25. The first-order chi connectivity index (χ1) is 9.83. The van der Waals surface area contributed by atoms with E-state index in [2.05, 4.69) is 34.9 Å². The van der Waals surface area contributed by atoms with Gasteiger partial charge in [-0.2, -0.15) is 0 Å². The number of hydrogen-bond donors (Lipinski definition) is 2. The molecule has 0 aromatic heterocycles. The van der Waals surface area contributed by atoms with Crippen LogP contribution in [-0.4, -0.2) is 31.7 Å². The second kappa shape index (κ2) is 6.37. The van der Waals surface area contributed by atoms with Crippen molar-refractivity contribution in [2.75, 3.05) is 19.8 Å². The SMILES string of the molecule is O=C1NCC[C@@H]1N[C@H](C[C@H]1CCOC1)c1ccccc1. The molecule has 3 atom stereocenters. The molecule has 0 aliphatic carbocycles. The van der Waals surface area contributed by atoms with Crippen LogP contribution in [-0.2, 0) is 9.53 Å². The molecule has 2 heterocycles. The molecule has 1 aromatic rings. The number of benzene rings is 1. The van der Waals surface area contributed by atoms with Crippen molar-refractivity contribution in [1.29, 1.82) is 0 Å². The second-order valence-electron chi connectivity index (χ2n) is 5.73. The number of carbonyl (C=O) groups excluding carboxylic acids is 1. The molecule has 3 rings (SSSR count). The molecule has 4 nitrogen and oxygen atoms in total. The summed E-state index contributed by atoms with van der Waals surface area (Å²) in [6.45, 7) is 2.50. The standard InChI is InChI=1S/C16H22N2O2/c19-16-14(6-8-17-16)18-15(10-12-7-9-20-11-12)13-4-2-1-3-5-13/h1-5,12,14-15,18H,6-11H2,(H,17,19)/t12-,14+,15-/m1/s1. The molecule has 0 bridgehead atoms. The van der Waals surface area contributed by atoms with Gasteiger partial charge in [-0.1, -0.05) is 30.3 Å². The van der Waals surface area contributed by atoms with Crippen molar-refractivity contribution in [1.82, 2.24) is 10.6 Å². The Kier molecular flexibility index (Phi) is 4.33.